The van der Waals surface area contributed by atoms with E-state index in [0.717, 1.165) is 0 Å². The van der Waals surface area contributed by atoms with Gasteiger partial charge in [-0.15, -0.1) is 0 Å². The maximum Gasteiger partial charge on any atom is 0.339 e. The molecule has 0 aliphatic rings. The highest BCUT2D eigenvalue weighted by Gasteiger charge is 2.21. The van der Waals surface area contributed by atoms with Crippen LogP contribution in [-0.4, -0.2) is 31.6 Å². The van der Waals surface area contributed by atoms with Crippen LogP contribution in [0.1, 0.15) is 39.4 Å². The largest absolute Gasteiger partial charge is 0.478 e. The van der Waals surface area contributed by atoms with Gasteiger partial charge in [-0.2, -0.15) is 5.10 Å². The van der Waals surface area contributed by atoms with Crippen LogP contribution in [0.5, 0.6) is 0 Å². The predicted molar refractivity (Wildman–Crippen MR) is 97.1 cm³/mol. The lowest BCUT2D eigenvalue weighted by molar-refractivity contribution is 0.0697. The van der Waals surface area contributed by atoms with Crippen LogP contribution >= 0.6 is 11.6 Å². The summed E-state index contributed by atoms with van der Waals surface area (Å²) in [6.45, 7) is 1.73. The fourth-order valence-corrected chi connectivity index (χ4v) is 3.07. The Hall–Kier alpha value is -3.39. The minimum atomic E-state index is -1.14. The van der Waals surface area contributed by atoms with E-state index in [1.165, 1.54) is 16.8 Å². The van der Waals surface area contributed by atoms with Crippen LogP contribution in [0, 0.1) is 0 Å². The van der Waals surface area contributed by atoms with Gasteiger partial charge < -0.3 is 14.8 Å². The third kappa shape index (κ3) is 3.00. The number of aromatic carboxylic acids is 1. The molecule has 2 N–H and O–H groups in total. The van der Waals surface area contributed by atoms with Gasteiger partial charge in [0.1, 0.15) is 22.5 Å². The first-order chi connectivity index (χ1) is 12.9. The van der Waals surface area contributed by atoms with Gasteiger partial charge in [0.05, 0.1) is 12.2 Å². The van der Waals surface area contributed by atoms with Crippen molar-refractivity contribution in [2.45, 2.75) is 13.0 Å². The van der Waals surface area contributed by atoms with Crippen LogP contribution in [0.2, 0.25) is 5.02 Å². The summed E-state index contributed by atoms with van der Waals surface area (Å²) in [7, 11) is 0. The highest BCUT2D eigenvalue weighted by Crippen LogP contribution is 2.30. The van der Waals surface area contributed by atoms with Gasteiger partial charge in [-0.05, 0) is 31.2 Å². The molecule has 0 saturated carbocycles. The molecule has 0 spiro atoms. The molecule has 0 aliphatic carbocycles. The van der Waals surface area contributed by atoms with E-state index in [4.69, 9.17) is 16.0 Å². The van der Waals surface area contributed by atoms with Gasteiger partial charge in [0.2, 0.25) is 0 Å². The van der Waals surface area contributed by atoms with E-state index in [0.29, 0.717) is 27.4 Å². The molecule has 3 aromatic heterocycles. The van der Waals surface area contributed by atoms with Crippen molar-refractivity contribution in [2.24, 2.45) is 0 Å². The zero-order valence-electron chi connectivity index (χ0n) is 14.0. The Morgan fingerprint density at radius 3 is 2.89 bits per heavy atom. The third-order valence-electron chi connectivity index (χ3n) is 4.13. The second-order valence-corrected chi connectivity index (χ2v) is 6.40. The lowest BCUT2D eigenvalue weighted by Gasteiger charge is -2.10. The minimum absolute atomic E-state index is 0.0332. The SMILES string of the molecule is C[C@H](NC(=O)c1cnn2cccnc12)c1cc2cc(Cl)cc(C(=O)O)c2o1. The maximum atomic E-state index is 12.6. The van der Waals surface area contributed by atoms with E-state index in [-0.39, 0.29) is 17.1 Å². The number of hydrogen-bond acceptors (Lipinski definition) is 5. The van der Waals surface area contributed by atoms with E-state index in [9.17, 15) is 14.7 Å². The van der Waals surface area contributed by atoms with Crippen molar-refractivity contribution in [2.75, 3.05) is 0 Å². The highest BCUT2D eigenvalue weighted by molar-refractivity contribution is 6.32. The van der Waals surface area contributed by atoms with Gasteiger partial charge in [-0.3, -0.25) is 4.79 Å². The smallest absolute Gasteiger partial charge is 0.339 e. The van der Waals surface area contributed by atoms with Crippen molar-refractivity contribution in [3.63, 3.8) is 0 Å². The Balaban J connectivity index is 1.65. The van der Waals surface area contributed by atoms with Crippen LogP contribution in [-0.2, 0) is 0 Å². The second-order valence-electron chi connectivity index (χ2n) is 5.97. The Bertz CT molecular complexity index is 1200. The fourth-order valence-electron chi connectivity index (χ4n) is 2.84. The number of aromatic nitrogens is 3. The number of halogens is 1. The highest BCUT2D eigenvalue weighted by atomic mass is 35.5. The third-order valence-corrected chi connectivity index (χ3v) is 4.35. The predicted octanol–water partition coefficient (Wildman–Crippen LogP) is 3.32. The number of rotatable bonds is 4. The van der Waals surface area contributed by atoms with Crippen molar-refractivity contribution < 1.29 is 19.1 Å². The number of carboxylic acid groups (broad SMARTS) is 1. The summed E-state index contributed by atoms with van der Waals surface area (Å²) in [5, 5.41) is 17.1. The number of carbonyl (C=O) groups is 2. The summed E-state index contributed by atoms with van der Waals surface area (Å²) in [5.41, 5.74) is 0.939. The van der Waals surface area contributed by atoms with Crippen LogP contribution in [0.15, 0.2) is 47.3 Å². The summed E-state index contributed by atoms with van der Waals surface area (Å²) in [6.07, 6.45) is 4.71. The van der Waals surface area contributed by atoms with E-state index in [1.807, 2.05) is 0 Å². The molecule has 9 heteroatoms. The van der Waals surface area contributed by atoms with Crippen LogP contribution in [0.25, 0.3) is 16.6 Å². The van der Waals surface area contributed by atoms with Crippen molar-refractivity contribution in [1.29, 1.82) is 0 Å². The van der Waals surface area contributed by atoms with Crippen LogP contribution in [0.4, 0.5) is 0 Å². The zero-order chi connectivity index (χ0) is 19.1. The lowest BCUT2D eigenvalue weighted by atomic mass is 10.1. The molecule has 0 bridgehead atoms. The Morgan fingerprint density at radius 2 is 2.11 bits per heavy atom. The zero-order valence-corrected chi connectivity index (χ0v) is 14.8. The number of nitrogens with zero attached hydrogens (tertiary/aromatic N) is 3. The van der Waals surface area contributed by atoms with Gasteiger partial charge >= 0.3 is 5.97 Å². The molecule has 8 nitrogen and oxygen atoms in total. The maximum absolute atomic E-state index is 12.6. The quantitative estimate of drug-likeness (QED) is 0.558. The molecular formula is C18H13ClN4O4. The Morgan fingerprint density at radius 1 is 1.30 bits per heavy atom. The van der Waals surface area contributed by atoms with Gasteiger partial charge in [0.25, 0.3) is 5.91 Å². The molecule has 0 radical (unpaired) electrons. The van der Waals surface area contributed by atoms with Gasteiger partial charge in [-0.1, -0.05) is 11.6 Å². The van der Waals surface area contributed by atoms with E-state index in [1.54, 1.807) is 37.5 Å². The first-order valence-corrected chi connectivity index (χ1v) is 8.37. The molecule has 0 fully saturated rings. The first kappa shape index (κ1) is 17.0. The summed E-state index contributed by atoms with van der Waals surface area (Å²) < 4.78 is 7.19. The molecule has 1 aromatic carbocycles. The molecule has 0 saturated heterocycles. The van der Waals surface area contributed by atoms with E-state index < -0.39 is 12.0 Å². The summed E-state index contributed by atoms with van der Waals surface area (Å²) in [5.74, 6) is -1.10. The molecule has 4 rings (SSSR count). The summed E-state index contributed by atoms with van der Waals surface area (Å²) >= 11 is 5.97. The number of amides is 1. The summed E-state index contributed by atoms with van der Waals surface area (Å²) in [4.78, 5) is 28.1. The number of benzene rings is 1. The number of fused-ring (bicyclic) bond motifs is 2. The number of nitrogens with one attached hydrogen (secondary N) is 1. The number of furan rings is 1. The van der Waals surface area contributed by atoms with Crippen molar-refractivity contribution in [1.82, 2.24) is 19.9 Å². The normalized spacial score (nSPS) is 12.4. The fraction of sp³-hybridized carbons (Fsp3) is 0.111. The molecule has 1 atom stereocenters. The second kappa shape index (κ2) is 6.40. The summed E-state index contributed by atoms with van der Waals surface area (Å²) in [6, 6.07) is 5.80. The average molecular weight is 385 g/mol. The first-order valence-electron chi connectivity index (χ1n) is 7.99. The molecule has 1 amide bonds. The standard InChI is InChI=1S/C18H13ClN4O4/c1-9(22-17(24)13-8-21-23-4-2-3-20-16(13)23)14-6-10-5-11(19)7-12(18(25)26)15(10)27-14/h2-9H,1H3,(H,22,24)(H,25,26)/t9-/m0/s1. The molecular weight excluding hydrogens is 372 g/mol. The topological polar surface area (TPSA) is 110 Å². The van der Waals surface area contributed by atoms with E-state index >= 15 is 0 Å². The van der Waals surface area contributed by atoms with Crippen molar-refractivity contribution in [3.8, 4) is 0 Å². The van der Waals surface area contributed by atoms with Gasteiger partial charge in [0, 0.05) is 22.8 Å². The number of hydrogen-bond donors (Lipinski definition) is 2. The molecule has 136 valence electrons. The molecule has 0 unspecified atom stereocenters. The molecule has 27 heavy (non-hydrogen) atoms. The van der Waals surface area contributed by atoms with Crippen molar-refractivity contribution >= 4 is 40.1 Å². The number of carboxylic acids is 1. The Labute approximate surface area is 157 Å². The minimum Gasteiger partial charge on any atom is -0.478 e. The van der Waals surface area contributed by atoms with Crippen LogP contribution < -0.4 is 5.32 Å². The lowest BCUT2D eigenvalue weighted by Crippen LogP contribution is -2.26. The van der Waals surface area contributed by atoms with E-state index in [2.05, 4.69) is 15.4 Å². The molecule has 3 heterocycles. The van der Waals surface area contributed by atoms with Crippen molar-refractivity contribution in [3.05, 3.63) is 64.8 Å². The Kier molecular flexibility index (Phi) is 4.04. The monoisotopic (exact) mass is 384 g/mol. The molecule has 4 aromatic rings. The van der Waals surface area contributed by atoms with Crippen LogP contribution in [0.3, 0.4) is 0 Å². The molecule has 0 aliphatic heterocycles. The average Bonchev–Trinajstić information content (AvgIpc) is 3.24. The van der Waals surface area contributed by atoms with Gasteiger partial charge in [0.15, 0.2) is 5.65 Å². The number of carbonyl (C=O) groups excluding carboxylic acids is 1. The van der Waals surface area contributed by atoms with Gasteiger partial charge in [-0.25, -0.2) is 14.3 Å².